The van der Waals surface area contributed by atoms with Gasteiger partial charge in [-0.3, -0.25) is 19.5 Å². The lowest BCUT2D eigenvalue weighted by molar-refractivity contribution is 0.0652. The van der Waals surface area contributed by atoms with Gasteiger partial charge in [0.15, 0.2) is 5.96 Å². The molecule has 0 saturated carbocycles. The molecule has 7 heteroatoms. The third kappa shape index (κ3) is 4.71. The van der Waals surface area contributed by atoms with Crippen molar-refractivity contribution in [3.63, 3.8) is 0 Å². The third-order valence-electron chi connectivity index (χ3n) is 5.66. The van der Waals surface area contributed by atoms with Crippen LogP contribution in [0.4, 0.5) is 0 Å². The number of unbranched alkanes of at least 4 members (excludes halogenated alkanes) is 1. The highest BCUT2D eigenvalue weighted by molar-refractivity contribution is 6.21. The van der Waals surface area contributed by atoms with Crippen molar-refractivity contribution in [2.75, 3.05) is 33.3 Å². The Morgan fingerprint density at radius 1 is 1.03 bits per heavy atom. The van der Waals surface area contributed by atoms with E-state index in [-0.39, 0.29) is 11.8 Å². The first kappa shape index (κ1) is 20.9. The van der Waals surface area contributed by atoms with Gasteiger partial charge < -0.3 is 15.4 Å². The van der Waals surface area contributed by atoms with E-state index >= 15 is 0 Å². The van der Waals surface area contributed by atoms with Gasteiger partial charge in [-0.15, -0.1) is 0 Å². The highest BCUT2D eigenvalue weighted by Gasteiger charge is 2.34. The van der Waals surface area contributed by atoms with Gasteiger partial charge in [0.2, 0.25) is 0 Å². The fourth-order valence-electron chi connectivity index (χ4n) is 3.99. The molecular formula is C24H28N4O3. The summed E-state index contributed by atoms with van der Waals surface area (Å²) in [5.41, 5.74) is 3.59. The van der Waals surface area contributed by atoms with Gasteiger partial charge in [-0.1, -0.05) is 24.3 Å². The summed E-state index contributed by atoms with van der Waals surface area (Å²) < 4.78 is 5.55. The van der Waals surface area contributed by atoms with Gasteiger partial charge in [0.25, 0.3) is 11.8 Å². The molecule has 31 heavy (non-hydrogen) atoms. The second-order valence-electron chi connectivity index (χ2n) is 7.73. The van der Waals surface area contributed by atoms with Crippen LogP contribution in [0.1, 0.15) is 44.7 Å². The molecule has 2 aromatic rings. The van der Waals surface area contributed by atoms with Crippen molar-refractivity contribution in [1.82, 2.24) is 15.5 Å². The largest absolute Gasteiger partial charge is 0.493 e. The molecule has 0 bridgehead atoms. The highest BCUT2D eigenvalue weighted by atomic mass is 16.5. The normalized spacial score (nSPS) is 15.0. The predicted molar refractivity (Wildman–Crippen MR) is 120 cm³/mol. The zero-order chi connectivity index (χ0) is 21.6. The number of amides is 2. The Morgan fingerprint density at radius 2 is 1.77 bits per heavy atom. The number of fused-ring (bicyclic) bond motifs is 2. The SMILES string of the molecule is CN=C(NCCCCN1C(=O)c2ccccc2C1=O)NCCc1ccc2c(c1)CCO2. The maximum absolute atomic E-state index is 12.4. The number of ether oxygens (including phenoxy) is 1. The molecule has 0 spiro atoms. The molecule has 162 valence electrons. The minimum absolute atomic E-state index is 0.191. The fraction of sp³-hybridized carbons (Fsp3) is 0.375. The van der Waals surface area contributed by atoms with Crippen molar-refractivity contribution >= 4 is 17.8 Å². The van der Waals surface area contributed by atoms with Gasteiger partial charge in [0, 0.05) is 33.1 Å². The van der Waals surface area contributed by atoms with Crippen LogP contribution in [0.2, 0.25) is 0 Å². The first-order chi connectivity index (χ1) is 15.2. The lowest BCUT2D eigenvalue weighted by Gasteiger charge is -2.15. The molecule has 0 radical (unpaired) electrons. The van der Waals surface area contributed by atoms with Gasteiger partial charge in [-0.25, -0.2) is 0 Å². The number of carbonyl (C=O) groups is 2. The number of benzene rings is 2. The first-order valence-electron chi connectivity index (χ1n) is 10.8. The lowest BCUT2D eigenvalue weighted by Crippen LogP contribution is -2.39. The average Bonchev–Trinajstić information content (AvgIpc) is 3.35. The van der Waals surface area contributed by atoms with Crippen molar-refractivity contribution in [3.05, 3.63) is 64.7 Å². The van der Waals surface area contributed by atoms with Crippen LogP contribution < -0.4 is 15.4 Å². The Balaban J connectivity index is 1.14. The Kier molecular flexibility index (Phi) is 6.50. The van der Waals surface area contributed by atoms with Crippen molar-refractivity contribution in [2.45, 2.75) is 25.7 Å². The summed E-state index contributed by atoms with van der Waals surface area (Å²) >= 11 is 0. The second-order valence-corrected chi connectivity index (χ2v) is 7.73. The molecule has 4 rings (SSSR count). The number of guanidine groups is 1. The number of nitrogens with zero attached hydrogens (tertiary/aromatic N) is 2. The van der Waals surface area contributed by atoms with Crippen LogP contribution >= 0.6 is 0 Å². The number of carbonyl (C=O) groups excluding carboxylic acids is 2. The van der Waals surface area contributed by atoms with Gasteiger partial charge in [0.05, 0.1) is 17.7 Å². The van der Waals surface area contributed by atoms with Crippen molar-refractivity contribution in [2.24, 2.45) is 4.99 Å². The quantitative estimate of drug-likeness (QED) is 0.297. The molecule has 0 fully saturated rings. The van der Waals surface area contributed by atoms with E-state index in [1.54, 1.807) is 31.3 Å². The summed E-state index contributed by atoms with van der Waals surface area (Å²) in [6.45, 7) is 2.72. The van der Waals surface area contributed by atoms with Gasteiger partial charge in [-0.2, -0.15) is 0 Å². The molecule has 2 N–H and O–H groups in total. The maximum Gasteiger partial charge on any atom is 0.261 e. The Morgan fingerprint density at radius 3 is 2.52 bits per heavy atom. The number of aliphatic imine (C=N–C) groups is 1. The van der Waals surface area contributed by atoms with Crippen molar-refractivity contribution < 1.29 is 14.3 Å². The molecule has 0 aliphatic carbocycles. The van der Waals surface area contributed by atoms with E-state index in [1.165, 1.54) is 16.0 Å². The monoisotopic (exact) mass is 420 g/mol. The first-order valence-corrected chi connectivity index (χ1v) is 10.8. The molecule has 2 aliphatic rings. The topological polar surface area (TPSA) is 83.0 Å². The third-order valence-corrected chi connectivity index (χ3v) is 5.66. The molecule has 0 atom stereocenters. The Hall–Kier alpha value is -3.35. The van der Waals surface area contributed by atoms with Crippen LogP contribution in [-0.2, 0) is 12.8 Å². The Bertz CT molecular complexity index is 967. The molecule has 2 aliphatic heterocycles. The molecule has 2 heterocycles. The minimum Gasteiger partial charge on any atom is -0.493 e. The summed E-state index contributed by atoms with van der Waals surface area (Å²) in [4.78, 5) is 30.4. The minimum atomic E-state index is -0.191. The predicted octanol–water partition coefficient (Wildman–Crippen LogP) is 2.41. The van der Waals surface area contributed by atoms with Crippen LogP contribution in [0, 0.1) is 0 Å². The van der Waals surface area contributed by atoms with Gasteiger partial charge >= 0.3 is 0 Å². The van der Waals surface area contributed by atoms with E-state index in [1.807, 2.05) is 0 Å². The van der Waals surface area contributed by atoms with Crippen LogP contribution in [0.5, 0.6) is 5.75 Å². The smallest absolute Gasteiger partial charge is 0.261 e. The average molecular weight is 421 g/mol. The van der Waals surface area contributed by atoms with Gasteiger partial charge in [0.1, 0.15) is 5.75 Å². The zero-order valence-corrected chi connectivity index (χ0v) is 17.8. The maximum atomic E-state index is 12.4. The lowest BCUT2D eigenvalue weighted by atomic mass is 10.1. The molecule has 0 saturated heterocycles. The van der Waals surface area contributed by atoms with Crippen LogP contribution in [-0.4, -0.2) is 56.0 Å². The summed E-state index contributed by atoms with van der Waals surface area (Å²) in [6, 6.07) is 13.4. The van der Waals surface area contributed by atoms with E-state index in [4.69, 9.17) is 4.74 Å². The molecule has 2 amide bonds. The van der Waals surface area contributed by atoms with Gasteiger partial charge in [-0.05, 0) is 48.6 Å². The molecule has 0 unspecified atom stereocenters. The number of nitrogens with one attached hydrogen (secondary N) is 2. The second kappa shape index (κ2) is 9.64. The number of imide groups is 1. The highest BCUT2D eigenvalue weighted by Crippen LogP contribution is 2.26. The molecular weight excluding hydrogens is 392 g/mol. The standard InChI is InChI=1S/C24H28N4O3/c1-25-24(27-13-10-17-8-9-21-18(16-17)11-15-31-21)26-12-4-5-14-28-22(29)19-6-2-3-7-20(19)23(28)30/h2-3,6-9,16H,4-5,10-15H2,1H3,(H2,25,26,27). The summed E-state index contributed by atoms with van der Waals surface area (Å²) in [5, 5.41) is 6.63. The van der Waals surface area contributed by atoms with Crippen LogP contribution in [0.3, 0.4) is 0 Å². The molecule has 2 aromatic carbocycles. The number of rotatable bonds is 8. The summed E-state index contributed by atoms with van der Waals surface area (Å²) in [6.07, 6.45) is 3.47. The van der Waals surface area contributed by atoms with E-state index < -0.39 is 0 Å². The Labute approximate surface area is 182 Å². The van der Waals surface area contributed by atoms with E-state index in [0.29, 0.717) is 17.7 Å². The number of hydrogen-bond donors (Lipinski definition) is 2. The van der Waals surface area contributed by atoms with E-state index in [0.717, 1.165) is 57.1 Å². The number of hydrogen-bond acceptors (Lipinski definition) is 4. The summed E-state index contributed by atoms with van der Waals surface area (Å²) in [5.74, 6) is 1.38. The fourth-order valence-corrected chi connectivity index (χ4v) is 3.99. The van der Waals surface area contributed by atoms with Crippen LogP contribution in [0.15, 0.2) is 47.5 Å². The summed E-state index contributed by atoms with van der Waals surface area (Å²) in [7, 11) is 1.75. The van der Waals surface area contributed by atoms with Crippen molar-refractivity contribution in [1.29, 1.82) is 0 Å². The molecule has 0 aromatic heterocycles. The van der Waals surface area contributed by atoms with E-state index in [2.05, 4.69) is 33.8 Å². The molecule has 7 nitrogen and oxygen atoms in total. The zero-order valence-electron chi connectivity index (χ0n) is 17.8. The van der Waals surface area contributed by atoms with E-state index in [9.17, 15) is 9.59 Å². The van der Waals surface area contributed by atoms with Crippen molar-refractivity contribution in [3.8, 4) is 5.75 Å². The van der Waals surface area contributed by atoms with Crippen LogP contribution in [0.25, 0.3) is 0 Å².